The fourth-order valence-corrected chi connectivity index (χ4v) is 5.53. The van der Waals surface area contributed by atoms with Crippen LogP contribution in [-0.4, -0.2) is 52.8 Å². The van der Waals surface area contributed by atoms with Crippen LogP contribution < -0.4 is 10.1 Å². The van der Waals surface area contributed by atoms with E-state index in [1.54, 1.807) is 54.6 Å². The summed E-state index contributed by atoms with van der Waals surface area (Å²) >= 11 is 0. The number of piperidine rings is 1. The van der Waals surface area contributed by atoms with Crippen LogP contribution in [0.15, 0.2) is 66.7 Å². The van der Waals surface area contributed by atoms with Crippen molar-refractivity contribution in [2.24, 2.45) is 0 Å². The molecule has 3 aliphatic rings. The summed E-state index contributed by atoms with van der Waals surface area (Å²) in [6.45, 7) is 1.19. The Kier molecular flexibility index (Phi) is 6.15. The zero-order valence-corrected chi connectivity index (χ0v) is 20.4. The van der Waals surface area contributed by atoms with Gasteiger partial charge in [-0.05, 0) is 42.3 Å². The van der Waals surface area contributed by atoms with Gasteiger partial charge in [0, 0.05) is 42.7 Å². The lowest BCUT2D eigenvalue weighted by atomic mass is 9.93. The molecule has 3 aliphatic heterocycles. The number of imide groups is 1. The average molecular weight is 518 g/mol. The molecule has 3 aromatic carbocycles. The number of fused-ring (bicyclic) bond motifs is 1. The van der Waals surface area contributed by atoms with Gasteiger partial charge in [0.15, 0.2) is 0 Å². The molecule has 3 amide bonds. The third-order valence-electron chi connectivity index (χ3n) is 7.44. The molecule has 0 radical (unpaired) electrons. The Labute approximate surface area is 218 Å². The normalized spacial score (nSPS) is 19.9. The Bertz CT molecular complexity index is 1390. The Morgan fingerprint density at radius 1 is 0.895 bits per heavy atom. The minimum absolute atomic E-state index is 0.197. The maximum Gasteiger partial charge on any atom is 0.255 e. The second-order valence-electron chi connectivity index (χ2n) is 9.86. The molecule has 1 atom stereocenters. The zero-order chi connectivity index (χ0) is 26.4. The van der Waals surface area contributed by atoms with Gasteiger partial charge in [0.1, 0.15) is 29.5 Å². The summed E-state index contributed by atoms with van der Waals surface area (Å²) in [5.74, 6) is -1.23. The van der Waals surface area contributed by atoms with Crippen LogP contribution >= 0.6 is 0 Å². The van der Waals surface area contributed by atoms with Gasteiger partial charge in [-0.25, -0.2) is 8.78 Å². The molecular weight excluding hydrogens is 492 g/mol. The summed E-state index contributed by atoms with van der Waals surface area (Å²) in [4.78, 5) is 40.1. The highest BCUT2D eigenvalue weighted by Crippen LogP contribution is 2.37. The summed E-state index contributed by atoms with van der Waals surface area (Å²) in [6, 6.07) is 16.7. The average Bonchev–Trinajstić information content (AvgIpc) is 3.20. The predicted molar refractivity (Wildman–Crippen MR) is 133 cm³/mol. The van der Waals surface area contributed by atoms with E-state index in [9.17, 15) is 23.2 Å². The van der Waals surface area contributed by atoms with Gasteiger partial charge in [-0.1, -0.05) is 36.4 Å². The van der Waals surface area contributed by atoms with Crippen molar-refractivity contribution in [3.05, 3.63) is 101 Å². The molecule has 9 heteroatoms. The van der Waals surface area contributed by atoms with E-state index in [1.165, 1.54) is 17.0 Å². The number of likely N-dealkylation sites (tertiary alicyclic amines) is 1. The van der Waals surface area contributed by atoms with Crippen molar-refractivity contribution < 1.29 is 27.9 Å². The van der Waals surface area contributed by atoms with Crippen molar-refractivity contribution in [3.63, 3.8) is 0 Å². The number of hydrogen-bond donors (Lipinski definition) is 1. The van der Waals surface area contributed by atoms with Crippen LogP contribution in [0.1, 0.15) is 45.9 Å². The van der Waals surface area contributed by atoms with Crippen LogP contribution in [0.4, 0.5) is 8.78 Å². The summed E-state index contributed by atoms with van der Waals surface area (Å²) < 4.78 is 35.6. The quantitative estimate of drug-likeness (QED) is 0.506. The van der Waals surface area contributed by atoms with Gasteiger partial charge in [-0.2, -0.15) is 0 Å². The predicted octanol–water partition coefficient (Wildman–Crippen LogP) is 3.58. The number of rotatable bonds is 6. The second kappa shape index (κ2) is 9.64. The first-order valence-corrected chi connectivity index (χ1v) is 12.6. The van der Waals surface area contributed by atoms with E-state index in [1.807, 2.05) is 4.90 Å². The van der Waals surface area contributed by atoms with E-state index in [0.29, 0.717) is 42.0 Å². The number of nitrogens with one attached hydrogen (secondary N) is 1. The molecule has 0 saturated carbocycles. The topological polar surface area (TPSA) is 79.0 Å². The number of halogens is 2. The van der Waals surface area contributed by atoms with E-state index in [2.05, 4.69) is 5.32 Å². The fourth-order valence-electron chi connectivity index (χ4n) is 5.53. The monoisotopic (exact) mass is 517 g/mol. The number of carbonyl (C=O) groups excluding carboxylic acids is 3. The first kappa shape index (κ1) is 24.2. The van der Waals surface area contributed by atoms with E-state index in [-0.39, 0.29) is 30.9 Å². The minimum atomic E-state index is -0.675. The lowest BCUT2D eigenvalue weighted by Gasteiger charge is -2.44. The van der Waals surface area contributed by atoms with Crippen LogP contribution in [-0.2, 0) is 16.1 Å². The lowest BCUT2D eigenvalue weighted by Crippen LogP contribution is -2.55. The Morgan fingerprint density at radius 2 is 1.55 bits per heavy atom. The van der Waals surface area contributed by atoms with Crippen molar-refractivity contribution in [3.8, 4) is 5.75 Å². The van der Waals surface area contributed by atoms with Crippen molar-refractivity contribution in [1.82, 2.24) is 15.1 Å². The molecule has 2 fully saturated rings. The van der Waals surface area contributed by atoms with Crippen molar-refractivity contribution in [1.29, 1.82) is 0 Å². The summed E-state index contributed by atoms with van der Waals surface area (Å²) in [6.07, 6.45) is 0.304. The lowest BCUT2D eigenvalue weighted by molar-refractivity contribution is -0.136. The first-order valence-electron chi connectivity index (χ1n) is 12.6. The number of ether oxygens (including phenoxy) is 1. The van der Waals surface area contributed by atoms with E-state index < -0.39 is 29.6 Å². The summed E-state index contributed by atoms with van der Waals surface area (Å²) in [5, 5.41) is 2.30. The van der Waals surface area contributed by atoms with Gasteiger partial charge in [-0.3, -0.25) is 24.6 Å². The van der Waals surface area contributed by atoms with Crippen LogP contribution in [0.5, 0.6) is 5.75 Å². The van der Waals surface area contributed by atoms with Crippen LogP contribution in [0.3, 0.4) is 0 Å². The highest BCUT2D eigenvalue weighted by molar-refractivity contribution is 6.05. The Hall–Kier alpha value is -4.11. The van der Waals surface area contributed by atoms with Crippen LogP contribution in [0, 0.1) is 11.6 Å². The van der Waals surface area contributed by atoms with Gasteiger partial charge in [0.05, 0.1) is 6.04 Å². The van der Waals surface area contributed by atoms with Gasteiger partial charge >= 0.3 is 0 Å². The van der Waals surface area contributed by atoms with E-state index in [0.717, 1.165) is 5.56 Å². The number of carbonyl (C=O) groups is 3. The summed E-state index contributed by atoms with van der Waals surface area (Å²) in [7, 11) is 0. The second-order valence-corrected chi connectivity index (χ2v) is 9.86. The van der Waals surface area contributed by atoms with Gasteiger partial charge in [0.2, 0.25) is 11.8 Å². The molecule has 194 valence electrons. The van der Waals surface area contributed by atoms with Crippen molar-refractivity contribution >= 4 is 17.7 Å². The van der Waals surface area contributed by atoms with E-state index >= 15 is 0 Å². The number of nitrogens with zero attached hydrogens (tertiary/aromatic N) is 2. The number of hydrogen-bond acceptors (Lipinski definition) is 5. The van der Waals surface area contributed by atoms with Crippen molar-refractivity contribution in [2.75, 3.05) is 13.1 Å². The molecule has 7 nitrogen and oxygen atoms in total. The van der Waals surface area contributed by atoms with Gasteiger partial charge in [-0.15, -0.1) is 0 Å². The Morgan fingerprint density at radius 3 is 2.18 bits per heavy atom. The fraction of sp³-hybridized carbons (Fsp3) is 0.276. The Balaban J connectivity index is 1.15. The SMILES string of the molecule is O=C1CCC(N2Cc3cc(OC4CN(C(c5ccccc5F)c5ccccc5F)C4)ccc3C2=O)C(=O)N1. The molecule has 2 saturated heterocycles. The largest absolute Gasteiger partial charge is 0.488 e. The van der Waals surface area contributed by atoms with Gasteiger partial charge in [0.25, 0.3) is 5.91 Å². The van der Waals surface area contributed by atoms with Crippen LogP contribution in [0.25, 0.3) is 0 Å². The number of amides is 3. The molecule has 0 aliphatic carbocycles. The maximum absolute atomic E-state index is 14.7. The van der Waals surface area contributed by atoms with Crippen molar-refractivity contribution in [2.45, 2.75) is 37.6 Å². The summed E-state index contributed by atoms with van der Waals surface area (Å²) in [5.41, 5.74) is 2.07. The highest BCUT2D eigenvalue weighted by Gasteiger charge is 2.40. The third kappa shape index (κ3) is 4.32. The minimum Gasteiger partial charge on any atom is -0.488 e. The first-order chi connectivity index (χ1) is 18.4. The smallest absolute Gasteiger partial charge is 0.255 e. The molecule has 3 heterocycles. The van der Waals surface area contributed by atoms with E-state index in [4.69, 9.17) is 4.74 Å². The molecular formula is C29H25F2N3O4. The van der Waals surface area contributed by atoms with Crippen LogP contribution in [0.2, 0.25) is 0 Å². The zero-order valence-electron chi connectivity index (χ0n) is 20.4. The molecule has 3 aromatic rings. The molecule has 0 spiro atoms. The third-order valence-corrected chi connectivity index (χ3v) is 7.44. The number of benzene rings is 3. The molecule has 0 aromatic heterocycles. The standard InChI is InChI=1S/C29H25F2N3O4/c30-23-7-3-1-5-21(23)27(22-6-2-4-8-24(22)31)33-15-19(16-33)38-18-9-10-20-17(13-18)14-34(29(20)37)25-11-12-26(35)32-28(25)36/h1-10,13,19,25,27H,11-12,14-16H2,(H,32,35,36). The van der Waals surface area contributed by atoms with Gasteiger partial charge < -0.3 is 9.64 Å². The molecule has 1 N–H and O–H groups in total. The molecule has 1 unspecified atom stereocenters. The molecule has 6 rings (SSSR count). The molecule has 0 bridgehead atoms. The maximum atomic E-state index is 14.7. The highest BCUT2D eigenvalue weighted by atomic mass is 19.1. The molecule has 38 heavy (non-hydrogen) atoms.